The molecule has 1 heterocycles. The third-order valence-electron chi connectivity index (χ3n) is 4.82. The van der Waals surface area contributed by atoms with Gasteiger partial charge in [-0.2, -0.15) is 0 Å². The largest absolute Gasteiger partial charge is 0.467 e. The van der Waals surface area contributed by atoms with Crippen LogP contribution in [0.5, 0.6) is 0 Å². The number of carbonyl (C=O) groups is 3. The van der Waals surface area contributed by atoms with Crippen molar-refractivity contribution in [2.75, 3.05) is 26.7 Å². The second-order valence-corrected chi connectivity index (χ2v) is 8.59. The molecule has 29 heavy (non-hydrogen) atoms. The first-order valence-electron chi connectivity index (χ1n) is 10.0. The van der Waals surface area contributed by atoms with Gasteiger partial charge in [-0.3, -0.25) is 9.79 Å². The van der Waals surface area contributed by atoms with Gasteiger partial charge < -0.3 is 25.4 Å². The molecule has 0 aliphatic carbocycles. The van der Waals surface area contributed by atoms with Gasteiger partial charge in [0.1, 0.15) is 11.1 Å². The minimum absolute atomic E-state index is 0.0363. The molecule has 0 aromatic heterocycles. The van der Waals surface area contributed by atoms with E-state index >= 15 is 0 Å². The number of carbonyl (C=O) groups excluding carboxylic acids is 3. The molecule has 166 valence electrons. The number of nitrogens with one attached hydrogen (secondary N) is 1. The number of nitrogens with two attached hydrogens (primary N) is 1. The second-order valence-electron chi connectivity index (χ2n) is 8.59. The summed E-state index contributed by atoms with van der Waals surface area (Å²) in [5, 5.41) is 2.68. The summed E-state index contributed by atoms with van der Waals surface area (Å²) in [5.74, 6) is -0.0999. The number of methoxy groups -OCH3 is 1. The summed E-state index contributed by atoms with van der Waals surface area (Å²) in [6.45, 7) is 10.2. The fraction of sp³-hybridized carbons (Fsp3) is 0.800. The van der Waals surface area contributed by atoms with Crippen molar-refractivity contribution in [1.29, 1.82) is 0 Å². The number of likely N-dealkylation sites (tertiary alicyclic amines) is 1. The maximum atomic E-state index is 12.7. The van der Waals surface area contributed by atoms with Gasteiger partial charge in [0.05, 0.1) is 12.9 Å². The number of esters is 1. The van der Waals surface area contributed by atoms with Gasteiger partial charge >= 0.3 is 12.1 Å². The van der Waals surface area contributed by atoms with Crippen molar-refractivity contribution in [3.63, 3.8) is 0 Å². The molecular formula is C20H36N4O5. The van der Waals surface area contributed by atoms with Gasteiger partial charge in [0.25, 0.3) is 0 Å². The van der Waals surface area contributed by atoms with Crippen molar-refractivity contribution in [2.24, 2.45) is 16.6 Å². The number of hydrogen-bond acceptors (Lipinski definition) is 6. The molecular weight excluding hydrogens is 376 g/mol. The summed E-state index contributed by atoms with van der Waals surface area (Å²) >= 11 is 0. The standard InChI is InChI=1S/C20H36N4O5/c1-14(8-7-11-22-15(2)21)16(25)24-12-9-20(10-13-24,17(26)28-6)23-18(27)29-19(3,4)5/h14H,7-13H2,1-6H3,(H2,21,22)(H,23,27)/t14-/m1/s1. The minimum atomic E-state index is -1.19. The van der Waals surface area contributed by atoms with E-state index in [0.717, 1.165) is 6.42 Å². The van der Waals surface area contributed by atoms with Crippen molar-refractivity contribution in [3.8, 4) is 0 Å². The highest BCUT2D eigenvalue weighted by atomic mass is 16.6. The number of amidine groups is 1. The van der Waals surface area contributed by atoms with Gasteiger partial charge in [0, 0.05) is 25.6 Å². The van der Waals surface area contributed by atoms with Crippen LogP contribution in [-0.2, 0) is 19.1 Å². The molecule has 9 heteroatoms. The molecule has 0 aromatic rings. The Bertz CT molecular complexity index is 615. The Morgan fingerprint density at radius 1 is 1.24 bits per heavy atom. The molecule has 0 aromatic carbocycles. The first-order chi connectivity index (χ1) is 13.4. The Balaban J connectivity index is 2.68. The number of aliphatic imine (C=N–C) groups is 1. The molecule has 1 atom stereocenters. The second kappa shape index (κ2) is 10.5. The van der Waals surface area contributed by atoms with Gasteiger partial charge in [0.15, 0.2) is 0 Å². The lowest BCUT2D eigenvalue weighted by molar-refractivity contribution is -0.153. The number of piperidine rings is 1. The Labute approximate surface area is 173 Å². The monoisotopic (exact) mass is 412 g/mol. The Morgan fingerprint density at radius 3 is 2.31 bits per heavy atom. The summed E-state index contributed by atoms with van der Waals surface area (Å²) in [7, 11) is 1.28. The van der Waals surface area contributed by atoms with Crippen molar-refractivity contribution in [2.45, 2.75) is 71.4 Å². The fourth-order valence-electron chi connectivity index (χ4n) is 3.27. The summed E-state index contributed by atoms with van der Waals surface area (Å²) in [4.78, 5) is 43.2. The summed E-state index contributed by atoms with van der Waals surface area (Å²) in [5.41, 5.74) is 3.64. The van der Waals surface area contributed by atoms with Crippen LogP contribution in [0.4, 0.5) is 4.79 Å². The smallest absolute Gasteiger partial charge is 0.408 e. The third-order valence-corrected chi connectivity index (χ3v) is 4.82. The molecule has 0 bridgehead atoms. The lowest BCUT2D eigenvalue weighted by atomic mass is 9.87. The van der Waals surface area contributed by atoms with E-state index in [9.17, 15) is 14.4 Å². The van der Waals surface area contributed by atoms with Crippen LogP contribution in [-0.4, -0.2) is 66.6 Å². The summed E-state index contributed by atoms with van der Waals surface area (Å²) < 4.78 is 10.2. The van der Waals surface area contributed by atoms with Gasteiger partial charge in [0.2, 0.25) is 5.91 Å². The van der Waals surface area contributed by atoms with Crippen molar-refractivity contribution >= 4 is 23.8 Å². The number of alkyl carbamates (subject to hydrolysis) is 1. The highest BCUT2D eigenvalue weighted by Crippen LogP contribution is 2.26. The van der Waals surface area contributed by atoms with Crippen LogP contribution in [0.15, 0.2) is 4.99 Å². The van der Waals surface area contributed by atoms with E-state index in [1.165, 1.54) is 7.11 Å². The zero-order valence-corrected chi connectivity index (χ0v) is 18.5. The molecule has 1 fully saturated rings. The Kier molecular flexibility index (Phi) is 8.91. The highest BCUT2D eigenvalue weighted by molar-refractivity contribution is 5.86. The Morgan fingerprint density at radius 2 is 1.83 bits per heavy atom. The highest BCUT2D eigenvalue weighted by Gasteiger charge is 2.45. The molecule has 1 aliphatic heterocycles. The van der Waals surface area contributed by atoms with Crippen LogP contribution in [0.1, 0.15) is 60.3 Å². The minimum Gasteiger partial charge on any atom is -0.467 e. The first kappa shape index (κ1) is 24.7. The number of hydrogen-bond donors (Lipinski definition) is 2. The predicted octanol–water partition coefficient (Wildman–Crippen LogP) is 1.84. The van der Waals surface area contributed by atoms with E-state index in [4.69, 9.17) is 15.2 Å². The maximum Gasteiger partial charge on any atom is 0.408 e. The van der Waals surface area contributed by atoms with Crippen LogP contribution >= 0.6 is 0 Å². The van der Waals surface area contributed by atoms with E-state index in [-0.39, 0.29) is 24.7 Å². The van der Waals surface area contributed by atoms with E-state index < -0.39 is 23.2 Å². The number of nitrogens with zero attached hydrogens (tertiary/aromatic N) is 2. The van der Waals surface area contributed by atoms with Crippen LogP contribution in [0.25, 0.3) is 0 Å². The zero-order chi connectivity index (χ0) is 22.2. The van der Waals surface area contributed by atoms with Crippen LogP contribution in [0.2, 0.25) is 0 Å². The number of amides is 2. The molecule has 1 rings (SSSR count). The lowest BCUT2D eigenvalue weighted by Gasteiger charge is -2.40. The van der Waals surface area contributed by atoms with Crippen molar-refractivity contribution in [1.82, 2.24) is 10.2 Å². The molecule has 0 spiro atoms. The van der Waals surface area contributed by atoms with Crippen LogP contribution < -0.4 is 11.1 Å². The molecule has 0 radical (unpaired) electrons. The fourth-order valence-corrected chi connectivity index (χ4v) is 3.27. The number of rotatable bonds is 7. The molecule has 2 amide bonds. The van der Waals surface area contributed by atoms with E-state index in [1.807, 2.05) is 6.92 Å². The van der Waals surface area contributed by atoms with E-state index in [0.29, 0.717) is 31.9 Å². The zero-order valence-electron chi connectivity index (χ0n) is 18.5. The number of ether oxygens (including phenoxy) is 2. The lowest BCUT2D eigenvalue weighted by Crippen LogP contribution is -2.61. The molecule has 3 N–H and O–H groups in total. The topological polar surface area (TPSA) is 123 Å². The average Bonchev–Trinajstić information content (AvgIpc) is 2.62. The van der Waals surface area contributed by atoms with Gasteiger partial charge in [-0.1, -0.05) is 6.92 Å². The molecule has 9 nitrogen and oxygen atoms in total. The normalized spacial score (nSPS) is 18.0. The predicted molar refractivity (Wildman–Crippen MR) is 110 cm³/mol. The molecule has 1 saturated heterocycles. The van der Waals surface area contributed by atoms with Gasteiger partial charge in [-0.25, -0.2) is 9.59 Å². The van der Waals surface area contributed by atoms with Crippen molar-refractivity contribution < 1.29 is 23.9 Å². The SMILES string of the molecule is COC(=O)C1(NC(=O)OC(C)(C)C)CCN(C(=O)[C@H](C)CCCN=C(C)N)CC1. The van der Waals surface area contributed by atoms with E-state index in [1.54, 1.807) is 32.6 Å². The summed E-state index contributed by atoms with van der Waals surface area (Å²) in [6, 6.07) is 0. The summed E-state index contributed by atoms with van der Waals surface area (Å²) in [6.07, 6.45) is 1.36. The maximum absolute atomic E-state index is 12.7. The molecule has 1 aliphatic rings. The third kappa shape index (κ3) is 7.91. The van der Waals surface area contributed by atoms with Gasteiger partial charge in [-0.05, 0) is 53.4 Å². The van der Waals surface area contributed by atoms with Crippen LogP contribution in [0, 0.1) is 5.92 Å². The van der Waals surface area contributed by atoms with Gasteiger partial charge in [-0.15, -0.1) is 0 Å². The first-order valence-corrected chi connectivity index (χ1v) is 10.0. The Hall–Kier alpha value is -2.32. The average molecular weight is 413 g/mol. The molecule has 0 saturated carbocycles. The quantitative estimate of drug-likeness (QED) is 0.285. The van der Waals surface area contributed by atoms with Crippen LogP contribution in [0.3, 0.4) is 0 Å². The van der Waals surface area contributed by atoms with Crippen molar-refractivity contribution in [3.05, 3.63) is 0 Å². The van der Waals surface area contributed by atoms with E-state index in [2.05, 4.69) is 10.3 Å². The molecule has 0 unspecified atom stereocenters.